The zero-order valence-electron chi connectivity index (χ0n) is 11.6. The number of nitrogens with two attached hydrogens (primary N) is 1. The highest BCUT2D eigenvalue weighted by Crippen LogP contribution is 2.20. The van der Waals surface area contributed by atoms with Crippen LogP contribution >= 0.6 is 11.6 Å². The third-order valence-corrected chi connectivity index (χ3v) is 3.71. The topological polar surface area (TPSA) is 60.9 Å². The lowest BCUT2D eigenvalue weighted by Crippen LogP contribution is -2.08. The van der Waals surface area contributed by atoms with E-state index in [1.54, 1.807) is 18.2 Å². The number of hydrogen-bond acceptors (Lipinski definition) is 3. The van der Waals surface area contributed by atoms with Crippen LogP contribution in [0.3, 0.4) is 0 Å². The number of hydrogen-bond donors (Lipinski definition) is 1. The molecule has 1 atom stereocenters. The molecule has 0 spiro atoms. The second kappa shape index (κ2) is 6.09. The van der Waals surface area contributed by atoms with Gasteiger partial charge < -0.3 is 5.73 Å². The first-order chi connectivity index (χ1) is 9.51. The number of ketones is 1. The Labute approximate surface area is 123 Å². The number of carbonyl (C=O) groups is 1. The van der Waals surface area contributed by atoms with Gasteiger partial charge in [-0.25, -0.2) is 0 Å². The summed E-state index contributed by atoms with van der Waals surface area (Å²) in [6.07, 6.45) is 3.18. The van der Waals surface area contributed by atoms with Gasteiger partial charge in [-0.05, 0) is 37.6 Å². The molecular weight excluding hydrogens is 274 g/mol. The van der Waals surface area contributed by atoms with Gasteiger partial charge in [0.2, 0.25) is 0 Å². The molecule has 1 aromatic heterocycles. The number of aromatic nitrogens is 2. The van der Waals surface area contributed by atoms with Gasteiger partial charge in [0.15, 0.2) is 5.78 Å². The fourth-order valence-corrected chi connectivity index (χ4v) is 2.01. The number of benzene rings is 1. The molecule has 0 bridgehead atoms. The Kier molecular flexibility index (Phi) is 4.45. The largest absolute Gasteiger partial charge is 0.398 e. The Balaban J connectivity index is 2.11. The van der Waals surface area contributed by atoms with Crippen molar-refractivity contribution in [1.29, 1.82) is 0 Å². The van der Waals surface area contributed by atoms with Gasteiger partial charge in [-0.3, -0.25) is 9.48 Å². The minimum absolute atomic E-state index is 0.0113. The summed E-state index contributed by atoms with van der Waals surface area (Å²) in [6, 6.07) is 7.15. The van der Waals surface area contributed by atoms with Crippen LogP contribution < -0.4 is 5.73 Å². The van der Waals surface area contributed by atoms with Gasteiger partial charge in [0, 0.05) is 17.8 Å². The minimum Gasteiger partial charge on any atom is -0.398 e. The molecule has 2 N–H and O–H groups in total. The highest BCUT2D eigenvalue weighted by atomic mass is 35.5. The normalized spacial score (nSPS) is 12.3. The predicted molar refractivity (Wildman–Crippen MR) is 81.1 cm³/mol. The van der Waals surface area contributed by atoms with Gasteiger partial charge >= 0.3 is 0 Å². The molecular formula is C15H18ClN3O. The molecule has 0 saturated carbocycles. The van der Waals surface area contributed by atoms with E-state index in [9.17, 15) is 4.79 Å². The zero-order chi connectivity index (χ0) is 14.7. The standard InChI is InChI=1S/C15H18ClN3O/c1-3-10(2)19-7-6-12(18-19)9-15(20)11-4-5-13(16)14(17)8-11/h4-8,10H,3,9,17H2,1-2H3. The van der Waals surface area contributed by atoms with E-state index < -0.39 is 0 Å². The Bertz CT molecular complexity index is 621. The Morgan fingerprint density at radius 1 is 1.45 bits per heavy atom. The third-order valence-electron chi connectivity index (χ3n) is 3.37. The van der Waals surface area contributed by atoms with Crippen molar-refractivity contribution < 1.29 is 4.79 Å². The number of nitrogen functional groups attached to an aromatic ring is 1. The number of rotatable bonds is 5. The van der Waals surface area contributed by atoms with Gasteiger partial charge in [-0.2, -0.15) is 5.10 Å². The minimum atomic E-state index is -0.0113. The lowest BCUT2D eigenvalue weighted by molar-refractivity contribution is 0.0991. The first-order valence-corrected chi connectivity index (χ1v) is 7.01. The van der Waals surface area contributed by atoms with Gasteiger partial charge in [0.1, 0.15) is 0 Å². The van der Waals surface area contributed by atoms with Crippen molar-refractivity contribution in [3.8, 4) is 0 Å². The van der Waals surface area contributed by atoms with E-state index in [1.807, 2.05) is 16.9 Å². The van der Waals surface area contributed by atoms with Crippen LogP contribution in [0.2, 0.25) is 5.02 Å². The molecule has 5 heteroatoms. The summed E-state index contributed by atoms with van der Waals surface area (Å²) < 4.78 is 1.89. The number of halogens is 1. The van der Waals surface area contributed by atoms with Crippen molar-refractivity contribution >= 4 is 23.1 Å². The summed E-state index contributed by atoms with van der Waals surface area (Å²) in [4.78, 5) is 12.2. The first kappa shape index (κ1) is 14.6. The smallest absolute Gasteiger partial charge is 0.168 e. The average Bonchev–Trinajstić information content (AvgIpc) is 2.89. The third kappa shape index (κ3) is 3.20. The Morgan fingerprint density at radius 2 is 2.20 bits per heavy atom. The molecule has 0 fully saturated rings. The lowest BCUT2D eigenvalue weighted by atomic mass is 10.1. The zero-order valence-corrected chi connectivity index (χ0v) is 12.4. The molecule has 1 aromatic carbocycles. The predicted octanol–water partition coefficient (Wildman–Crippen LogP) is 3.52. The van der Waals surface area contributed by atoms with Crippen molar-refractivity contribution in [3.05, 3.63) is 46.7 Å². The molecule has 1 heterocycles. The average molecular weight is 292 g/mol. The molecule has 20 heavy (non-hydrogen) atoms. The van der Waals surface area contributed by atoms with Crippen molar-refractivity contribution in [3.63, 3.8) is 0 Å². The van der Waals surface area contributed by atoms with Gasteiger partial charge in [-0.1, -0.05) is 18.5 Å². The highest BCUT2D eigenvalue weighted by molar-refractivity contribution is 6.33. The van der Waals surface area contributed by atoms with Crippen molar-refractivity contribution in [2.45, 2.75) is 32.7 Å². The maximum atomic E-state index is 12.2. The molecule has 0 aliphatic carbocycles. The first-order valence-electron chi connectivity index (χ1n) is 6.63. The second-order valence-electron chi connectivity index (χ2n) is 4.88. The summed E-state index contributed by atoms with van der Waals surface area (Å²) >= 11 is 5.85. The highest BCUT2D eigenvalue weighted by Gasteiger charge is 2.12. The molecule has 4 nitrogen and oxygen atoms in total. The fraction of sp³-hybridized carbons (Fsp3) is 0.333. The summed E-state index contributed by atoms with van der Waals surface area (Å²) in [5.74, 6) is -0.0113. The molecule has 106 valence electrons. The fourth-order valence-electron chi connectivity index (χ4n) is 1.89. The van der Waals surface area contributed by atoms with E-state index in [4.69, 9.17) is 17.3 Å². The van der Waals surface area contributed by atoms with E-state index in [-0.39, 0.29) is 12.2 Å². The lowest BCUT2D eigenvalue weighted by Gasteiger charge is -2.08. The van der Waals surface area contributed by atoms with Crippen LogP contribution in [0, 0.1) is 0 Å². The summed E-state index contributed by atoms with van der Waals surface area (Å²) in [5.41, 5.74) is 7.46. The number of anilines is 1. The van der Waals surface area contributed by atoms with Crippen LogP contribution in [0.15, 0.2) is 30.5 Å². The Morgan fingerprint density at radius 3 is 2.85 bits per heavy atom. The number of Topliss-reactive ketones (excluding diaryl/α,β-unsaturated/α-hetero) is 1. The Hall–Kier alpha value is -1.81. The van der Waals surface area contributed by atoms with E-state index in [0.29, 0.717) is 22.3 Å². The van der Waals surface area contributed by atoms with Crippen molar-refractivity contribution in [1.82, 2.24) is 9.78 Å². The van der Waals surface area contributed by atoms with E-state index in [2.05, 4.69) is 18.9 Å². The van der Waals surface area contributed by atoms with Gasteiger partial charge in [0.25, 0.3) is 0 Å². The van der Waals surface area contributed by atoms with E-state index >= 15 is 0 Å². The number of nitrogens with zero attached hydrogens (tertiary/aromatic N) is 2. The maximum Gasteiger partial charge on any atom is 0.168 e. The van der Waals surface area contributed by atoms with Gasteiger partial charge in [-0.15, -0.1) is 0 Å². The van der Waals surface area contributed by atoms with Crippen LogP contribution in [0.4, 0.5) is 5.69 Å². The van der Waals surface area contributed by atoms with Gasteiger partial charge in [0.05, 0.1) is 22.8 Å². The van der Waals surface area contributed by atoms with Crippen molar-refractivity contribution in [2.24, 2.45) is 0 Å². The van der Waals surface area contributed by atoms with Crippen molar-refractivity contribution in [2.75, 3.05) is 5.73 Å². The molecule has 0 saturated heterocycles. The van der Waals surface area contributed by atoms with Crippen LogP contribution in [-0.4, -0.2) is 15.6 Å². The number of carbonyl (C=O) groups excluding carboxylic acids is 1. The summed E-state index contributed by atoms with van der Waals surface area (Å²) in [5, 5.41) is 4.89. The summed E-state index contributed by atoms with van der Waals surface area (Å²) in [6.45, 7) is 4.20. The molecule has 0 amide bonds. The molecule has 0 aliphatic heterocycles. The molecule has 0 aliphatic rings. The SMILES string of the molecule is CCC(C)n1ccc(CC(=O)c2ccc(Cl)c(N)c2)n1. The second-order valence-corrected chi connectivity index (χ2v) is 5.29. The van der Waals surface area contributed by atoms with Crippen LogP contribution in [-0.2, 0) is 6.42 Å². The molecule has 2 aromatic rings. The van der Waals surface area contributed by atoms with Crippen LogP contribution in [0.25, 0.3) is 0 Å². The maximum absolute atomic E-state index is 12.2. The molecule has 1 unspecified atom stereocenters. The van der Waals surface area contributed by atoms with Crippen LogP contribution in [0.1, 0.15) is 42.4 Å². The monoisotopic (exact) mass is 291 g/mol. The van der Waals surface area contributed by atoms with E-state index in [1.165, 1.54) is 0 Å². The van der Waals surface area contributed by atoms with E-state index in [0.717, 1.165) is 12.1 Å². The summed E-state index contributed by atoms with van der Waals surface area (Å²) in [7, 11) is 0. The quantitative estimate of drug-likeness (QED) is 0.677. The molecule has 0 radical (unpaired) electrons. The van der Waals surface area contributed by atoms with Crippen LogP contribution in [0.5, 0.6) is 0 Å². The molecule has 2 rings (SSSR count).